The van der Waals surface area contributed by atoms with Gasteiger partial charge in [-0.3, -0.25) is 14.2 Å². The van der Waals surface area contributed by atoms with Gasteiger partial charge in [0, 0.05) is 23.7 Å². The Hall–Kier alpha value is -2.94. The number of aromatic nitrogens is 3. The second kappa shape index (κ2) is 9.68. The fourth-order valence-electron chi connectivity index (χ4n) is 3.11. The monoisotopic (exact) mass is 482 g/mol. The largest absolute Gasteiger partial charge is 0.310 e. The van der Waals surface area contributed by atoms with Gasteiger partial charge in [0.05, 0.1) is 15.7 Å². The Kier molecular flexibility index (Phi) is 6.74. The summed E-state index contributed by atoms with van der Waals surface area (Å²) in [7, 11) is 0. The van der Waals surface area contributed by atoms with E-state index in [-0.39, 0.29) is 11.5 Å². The van der Waals surface area contributed by atoms with Gasteiger partial charge in [0.1, 0.15) is 10.6 Å². The summed E-state index contributed by atoms with van der Waals surface area (Å²) in [4.78, 5) is 35.5. The molecule has 0 spiro atoms. The predicted molar refractivity (Wildman–Crippen MR) is 133 cm³/mol. The summed E-state index contributed by atoms with van der Waals surface area (Å²) >= 11 is 8.48. The Labute approximate surface area is 198 Å². The van der Waals surface area contributed by atoms with Crippen molar-refractivity contribution in [2.24, 2.45) is 0 Å². The molecule has 162 valence electrons. The topological polar surface area (TPSA) is 76.9 Å². The first-order valence-corrected chi connectivity index (χ1v) is 11.9. The number of carbonyl (C=O) groups excluding carboxylic acids is 1. The van der Waals surface area contributed by atoms with Crippen LogP contribution in [0.5, 0.6) is 0 Å². The number of hydrogen-bond donors (Lipinski definition) is 1. The maximum Gasteiger partial charge on any atom is 0.263 e. The van der Waals surface area contributed by atoms with E-state index in [4.69, 9.17) is 16.6 Å². The first-order chi connectivity index (χ1) is 15.5. The number of hydrogen-bond acceptors (Lipinski definition) is 6. The van der Waals surface area contributed by atoms with E-state index in [1.165, 1.54) is 29.3 Å². The quantitative estimate of drug-likeness (QED) is 0.214. The van der Waals surface area contributed by atoms with Gasteiger partial charge in [-0.25, -0.2) is 9.97 Å². The highest BCUT2D eigenvalue weighted by Gasteiger charge is 2.21. The van der Waals surface area contributed by atoms with Crippen molar-refractivity contribution in [3.8, 4) is 11.1 Å². The number of pyridine rings is 1. The molecule has 0 fully saturated rings. The molecule has 4 aromatic rings. The van der Waals surface area contributed by atoms with Gasteiger partial charge in [-0.15, -0.1) is 17.9 Å². The van der Waals surface area contributed by atoms with Gasteiger partial charge in [0.15, 0.2) is 5.16 Å². The molecule has 1 atom stereocenters. The molecule has 4 rings (SSSR count). The number of rotatable bonds is 7. The predicted octanol–water partition coefficient (Wildman–Crippen LogP) is 5.48. The van der Waals surface area contributed by atoms with Gasteiger partial charge in [-0.05, 0) is 24.6 Å². The van der Waals surface area contributed by atoms with E-state index in [2.05, 4.69) is 16.9 Å². The molecule has 0 bridgehead atoms. The average molecular weight is 483 g/mol. The Morgan fingerprint density at radius 2 is 2.09 bits per heavy atom. The molecule has 3 heterocycles. The van der Waals surface area contributed by atoms with E-state index in [0.717, 1.165) is 11.1 Å². The van der Waals surface area contributed by atoms with Crippen LogP contribution in [-0.4, -0.2) is 25.7 Å². The summed E-state index contributed by atoms with van der Waals surface area (Å²) in [5, 5.41) is 5.73. The highest BCUT2D eigenvalue weighted by Crippen LogP contribution is 2.33. The summed E-state index contributed by atoms with van der Waals surface area (Å²) in [6, 6.07) is 13.0. The second-order valence-corrected chi connectivity index (χ2v) is 9.51. The zero-order valence-electron chi connectivity index (χ0n) is 17.1. The summed E-state index contributed by atoms with van der Waals surface area (Å²) in [6.45, 7) is 5.82. The highest BCUT2D eigenvalue weighted by atomic mass is 35.5. The summed E-state index contributed by atoms with van der Waals surface area (Å²) in [5.41, 5.74) is 1.67. The Morgan fingerprint density at radius 1 is 1.31 bits per heavy atom. The summed E-state index contributed by atoms with van der Waals surface area (Å²) < 4.78 is 1.56. The number of nitrogens with one attached hydrogen (secondary N) is 1. The molecule has 1 N–H and O–H groups in total. The Morgan fingerprint density at radius 3 is 2.78 bits per heavy atom. The zero-order chi connectivity index (χ0) is 22.7. The SMILES string of the molecule is C=CCn1c(SC(C)C(=O)Nc2ccc(Cl)cn2)nc2scc(-c3ccccc3)c2c1=O. The Balaban J connectivity index is 1.67. The van der Waals surface area contributed by atoms with Crippen LogP contribution in [0.4, 0.5) is 5.82 Å². The third-order valence-electron chi connectivity index (χ3n) is 4.69. The van der Waals surface area contributed by atoms with E-state index < -0.39 is 5.25 Å². The van der Waals surface area contributed by atoms with E-state index in [0.29, 0.717) is 32.8 Å². The van der Waals surface area contributed by atoms with Crippen LogP contribution in [0, 0.1) is 0 Å². The van der Waals surface area contributed by atoms with Gasteiger partial charge in [-0.2, -0.15) is 0 Å². The smallest absolute Gasteiger partial charge is 0.263 e. The molecule has 0 saturated heterocycles. The fourth-order valence-corrected chi connectivity index (χ4v) is 5.12. The maximum atomic E-state index is 13.4. The minimum absolute atomic E-state index is 0.149. The molecule has 0 saturated carbocycles. The number of amides is 1. The van der Waals surface area contributed by atoms with Gasteiger partial charge in [0.25, 0.3) is 5.56 Å². The lowest BCUT2D eigenvalue weighted by atomic mass is 10.1. The zero-order valence-corrected chi connectivity index (χ0v) is 19.5. The van der Waals surface area contributed by atoms with Crippen LogP contribution in [0.2, 0.25) is 5.02 Å². The van der Waals surface area contributed by atoms with Crippen molar-refractivity contribution in [2.75, 3.05) is 5.32 Å². The van der Waals surface area contributed by atoms with Crippen LogP contribution in [0.1, 0.15) is 6.92 Å². The van der Waals surface area contributed by atoms with Crippen LogP contribution in [0.25, 0.3) is 21.3 Å². The number of halogens is 1. The maximum absolute atomic E-state index is 13.4. The Bertz CT molecular complexity index is 1330. The fraction of sp³-hybridized carbons (Fsp3) is 0.130. The van der Waals surface area contributed by atoms with Gasteiger partial charge in [0.2, 0.25) is 5.91 Å². The molecule has 3 aromatic heterocycles. The van der Waals surface area contributed by atoms with E-state index >= 15 is 0 Å². The van der Waals surface area contributed by atoms with Crippen molar-refractivity contribution in [3.05, 3.63) is 82.1 Å². The molecule has 32 heavy (non-hydrogen) atoms. The van der Waals surface area contributed by atoms with Crippen molar-refractivity contribution in [3.63, 3.8) is 0 Å². The van der Waals surface area contributed by atoms with Crippen molar-refractivity contribution >= 4 is 56.6 Å². The summed E-state index contributed by atoms with van der Waals surface area (Å²) in [5.74, 6) is 0.157. The van der Waals surface area contributed by atoms with Crippen molar-refractivity contribution < 1.29 is 4.79 Å². The normalized spacial score (nSPS) is 11.9. The average Bonchev–Trinajstić information content (AvgIpc) is 3.22. The highest BCUT2D eigenvalue weighted by molar-refractivity contribution is 8.00. The van der Waals surface area contributed by atoms with E-state index in [1.807, 2.05) is 35.7 Å². The van der Waals surface area contributed by atoms with Crippen LogP contribution in [-0.2, 0) is 11.3 Å². The third kappa shape index (κ3) is 4.62. The molecule has 0 radical (unpaired) electrons. The second-order valence-electron chi connectivity index (χ2n) is 6.91. The number of nitrogens with zero attached hydrogens (tertiary/aromatic N) is 3. The first kappa shape index (κ1) is 22.3. The van der Waals surface area contributed by atoms with Crippen LogP contribution >= 0.6 is 34.7 Å². The van der Waals surface area contributed by atoms with Gasteiger partial charge < -0.3 is 5.32 Å². The number of benzene rings is 1. The first-order valence-electron chi connectivity index (χ1n) is 9.75. The van der Waals surface area contributed by atoms with Crippen LogP contribution in [0.15, 0.2) is 76.6 Å². The van der Waals surface area contributed by atoms with Crippen molar-refractivity contribution in [2.45, 2.75) is 23.9 Å². The van der Waals surface area contributed by atoms with Crippen molar-refractivity contribution in [1.82, 2.24) is 14.5 Å². The minimum atomic E-state index is -0.513. The minimum Gasteiger partial charge on any atom is -0.310 e. The number of thioether (sulfide) groups is 1. The lowest BCUT2D eigenvalue weighted by Crippen LogP contribution is -2.27. The lowest BCUT2D eigenvalue weighted by Gasteiger charge is -2.15. The van der Waals surface area contributed by atoms with E-state index in [1.54, 1.807) is 29.7 Å². The van der Waals surface area contributed by atoms with Crippen molar-refractivity contribution in [1.29, 1.82) is 0 Å². The molecular formula is C23H19ClN4O2S2. The molecule has 9 heteroatoms. The molecule has 1 unspecified atom stereocenters. The molecule has 1 amide bonds. The van der Waals surface area contributed by atoms with Gasteiger partial charge >= 0.3 is 0 Å². The molecule has 0 aliphatic rings. The molecule has 6 nitrogen and oxygen atoms in total. The van der Waals surface area contributed by atoms with Crippen LogP contribution < -0.4 is 10.9 Å². The van der Waals surface area contributed by atoms with E-state index in [9.17, 15) is 9.59 Å². The lowest BCUT2D eigenvalue weighted by molar-refractivity contribution is -0.115. The number of carbonyl (C=O) groups is 1. The number of fused-ring (bicyclic) bond motifs is 1. The molecular weight excluding hydrogens is 464 g/mol. The molecule has 0 aliphatic carbocycles. The number of anilines is 1. The van der Waals surface area contributed by atoms with Crippen LogP contribution in [0.3, 0.4) is 0 Å². The van der Waals surface area contributed by atoms with Gasteiger partial charge in [-0.1, -0.05) is 59.8 Å². The number of allylic oxidation sites excluding steroid dienone is 1. The number of thiophene rings is 1. The standard InChI is InChI=1S/C23H19ClN4O2S2/c1-3-11-28-22(30)19-17(15-7-5-4-6-8-15)13-31-21(19)27-23(28)32-14(2)20(29)26-18-10-9-16(24)12-25-18/h3-10,12-14H,1,11H2,2H3,(H,25,26,29). The molecule has 1 aromatic carbocycles. The summed E-state index contributed by atoms with van der Waals surface area (Å²) in [6.07, 6.45) is 3.11. The molecule has 0 aliphatic heterocycles. The third-order valence-corrected chi connectivity index (χ3v) is 6.87.